The molecule has 0 saturated heterocycles. The van der Waals surface area contributed by atoms with Crippen LogP contribution < -0.4 is 5.73 Å². The maximum absolute atomic E-state index is 14.5. The van der Waals surface area contributed by atoms with E-state index >= 15 is 0 Å². The first-order chi connectivity index (χ1) is 6.48. The second-order valence-electron chi connectivity index (χ2n) is 4.58. The van der Waals surface area contributed by atoms with Gasteiger partial charge in [0.25, 0.3) is 0 Å². The van der Waals surface area contributed by atoms with Gasteiger partial charge in [0.2, 0.25) is 0 Å². The zero-order chi connectivity index (χ0) is 10.4. The van der Waals surface area contributed by atoms with Crippen LogP contribution in [0.1, 0.15) is 25.8 Å². The minimum Gasteiger partial charge on any atom is -0.327 e. The molecular weight excluding hydrogens is 179 g/mol. The quantitative estimate of drug-likeness (QED) is 0.742. The number of aromatic nitrogens is 1. The van der Waals surface area contributed by atoms with Gasteiger partial charge < -0.3 is 5.73 Å². The Morgan fingerprint density at radius 1 is 1.57 bits per heavy atom. The number of halogens is 1. The van der Waals surface area contributed by atoms with Gasteiger partial charge in [0.05, 0.1) is 0 Å². The van der Waals surface area contributed by atoms with E-state index in [0.717, 1.165) is 0 Å². The first kappa shape index (κ1) is 9.59. The van der Waals surface area contributed by atoms with E-state index in [1.807, 2.05) is 13.8 Å². The molecule has 2 N–H and O–H groups in total. The Bertz CT molecular complexity index is 336. The molecule has 2 nitrogen and oxygen atoms in total. The highest BCUT2D eigenvalue weighted by Gasteiger charge is 2.60. The van der Waals surface area contributed by atoms with Crippen LogP contribution in [0.15, 0.2) is 24.5 Å². The number of pyridine rings is 1. The van der Waals surface area contributed by atoms with E-state index in [9.17, 15) is 4.39 Å². The number of hydrogen-bond acceptors (Lipinski definition) is 2. The molecule has 1 heterocycles. The molecule has 1 saturated carbocycles. The van der Waals surface area contributed by atoms with Crippen LogP contribution in [-0.2, 0) is 5.67 Å². The van der Waals surface area contributed by atoms with Crippen LogP contribution in [0.3, 0.4) is 0 Å². The molecule has 1 aliphatic carbocycles. The summed E-state index contributed by atoms with van der Waals surface area (Å²) in [5.41, 5.74) is 4.66. The fourth-order valence-electron chi connectivity index (χ4n) is 2.07. The van der Waals surface area contributed by atoms with E-state index in [1.165, 1.54) is 0 Å². The van der Waals surface area contributed by atoms with Crippen molar-refractivity contribution in [2.24, 2.45) is 11.1 Å². The summed E-state index contributed by atoms with van der Waals surface area (Å²) in [4.78, 5) is 3.94. The molecule has 1 fully saturated rings. The summed E-state index contributed by atoms with van der Waals surface area (Å²) in [6.07, 6.45) is 3.64. The number of nitrogens with two attached hydrogens (primary N) is 1. The molecule has 0 radical (unpaired) electrons. The lowest BCUT2D eigenvalue weighted by molar-refractivity contribution is -0.108. The summed E-state index contributed by atoms with van der Waals surface area (Å²) in [5.74, 6) is 0. The second-order valence-corrected chi connectivity index (χ2v) is 4.58. The van der Waals surface area contributed by atoms with Gasteiger partial charge in [-0.3, -0.25) is 4.98 Å². The zero-order valence-corrected chi connectivity index (χ0v) is 8.50. The molecule has 14 heavy (non-hydrogen) atoms. The van der Waals surface area contributed by atoms with Crippen molar-refractivity contribution in [3.63, 3.8) is 0 Å². The maximum Gasteiger partial charge on any atom is 0.145 e. The highest BCUT2D eigenvalue weighted by molar-refractivity contribution is 5.28. The van der Waals surface area contributed by atoms with Gasteiger partial charge in [0, 0.05) is 35.8 Å². The van der Waals surface area contributed by atoms with Gasteiger partial charge in [-0.05, 0) is 6.07 Å². The van der Waals surface area contributed by atoms with Gasteiger partial charge in [0.1, 0.15) is 5.67 Å². The van der Waals surface area contributed by atoms with Crippen LogP contribution in [0.5, 0.6) is 0 Å². The summed E-state index contributed by atoms with van der Waals surface area (Å²) in [7, 11) is 0. The SMILES string of the molecule is CC1(C)C(N)CC1(F)c1cccnc1. The molecule has 1 aromatic heterocycles. The Balaban J connectivity index is 2.37. The molecule has 1 aliphatic rings. The van der Waals surface area contributed by atoms with E-state index in [1.54, 1.807) is 24.5 Å². The average molecular weight is 194 g/mol. The third-order valence-electron chi connectivity index (χ3n) is 3.57. The van der Waals surface area contributed by atoms with Crippen molar-refractivity contribution in [3.05, 3.63) is 30.1 Å². The summed E-state index contributed by atoms with van der Waals surface area (Å²) in [6.45, 7) is 3.74. The molecule has 0 bridgehead atoms. The van der Waals surface area contributed by atoms with Crippen LogP contribution in [-0.4, -0.2) is 11.0 Å². The standard InChI is InChI=1S/C11H15FN2/c1-10(2)9(13)6-11(10,12)8-4-3-5-14-7-8/h3-5,7,9H,6,13H2,1-2H3. The Morgan fingerprint density at radius 3 is 2.71 bits per heavy atom. The second kappa shape index (κ2) is 2.76. The lowest BCUT2D eigenvalue weighted by atomic mass is 9.54. The lowest BCUT2D eigenvalue weighted by Crippen LogP contribution is -2.62. The number of nitrogens with zero attached hydrogens (tertiary/aromatic N) is 1. The van der Waals surface area contributed by atoms with E-state index < -0.39 is 11.1 Å². The normalized spacial score (nSPS) is 35.0. The largest absolute Gasteiger partial charge is 0.327 e. The van der Waals surface area contributed by atoms with Crippen molar-refractivity contribution in [3.8, 4) is 0 Å². The summed E-state index contributed by atoms with van der Waals surface area (Å²) in [5, 5.41) is 0. The van der Waals surface area contributed by atoms with Crippen molar-refractivity contribution < 1.29 is 4.39 Å². The molecule has 76 valence electrons. The van der Waals surface area contributed by atoms with Crippen molar-refractivity contribution in [2.75, 3.05) is 0 Å². The Labute approximate surface area is 83.3 Å². The fourth-order valence-corrected chi connectivity index (χ4v) is 2.07. The molecule has 0 aromatic carbocycles. The summed E-state index contributed by atoms with van der Waals surface area (Å²) in [6, 6.07) is 3.48. The number of rotatable bonds is 1. The summed E-state index contributed by atoms with van der Waals surface area (Å²) < 4.78 is 14.5. The van der Waals surface area contributed by atoms with Gasteiger partial charge in [-0.2, -0.15) is 0 Å². The van der Waals surface area contributed by atoms with Crippen LogP contribution >= 0.6 is 0 Å². The molecule has 0 aliphatic heterocycles. The molecule has 0 spiro atoms. The number of alkyl halides is 1. The van der Waals surface area contributed by atoms with Crippen LogP contribution in [0, 0.1) is 5.41 Å². The van der Waals surface area contributed by atoms with Gasteiger partial charge in [-0.15, -0.1) is 0 Å². The van der Waals surface area contributed by atoms with Gasteiger partial charge in [-0.1, -0.05) is 19.9 Å². The minimum atomic E-state index is -1.30. The first-order valence-electron chi connectivity index (χ1n) is 4.83. The molecule has 3 heteroatoms. The van der Waals surface area contributed by atoms with Crippen LogP contribution in [0.4, 0.5) is 4.39 Å². The van der Waals surface area contributed by atoms with Gasteiger partial charge in [-0.25, -0.2) is 4.39 Å². The summed E-state index contributed by atoms with van der Waals surface area (Å²) >= 11 is 0. The molecule has 1 aromatic rings. The third-order valence-corrected chi connectivity index (χ3v) is 3.57. The van der Waals surface area contributed by atoms with Crippen molar-refractivity contribution in [2.45, 2.75) is 32.0 Å². The van der Waals surface area contributed by atoms with E-state index in [-0.39, 0.29) is 6.04 Å². The zero-order valence-electron chi connectivity index (χ0n) is 8.50. The van der Waals surface area contributed by atoms with Crippen LogP contribution in [0.2, 0.25) is 0 Å². The predicted molar refractivity (Wildman–Crippen MR) is 53.4 cm³/mol. The Kier molecular flexibility index (Phi) is 1.89. The van der Waals surface area contributed by atoms with Gasteiger partial charge in [0.15, 0.2) is 0 Å². The highest BCUT2D eigenvalue weighted by Crippen LogP contribution is 2.57. The maximum atomic E-state index is 14.5. The van der Waals surface area contributed by atoms with Crippen molar-refractivity contribution in [1.29, 1.82) is 0 Å². The number of hydrogen-bond donors (Lipinski definition) is 1. The Morgan fingerprint density at radius 2 is 2.29 bits per heavy atom. The van der Waals surface area contributed by atoms with E-state index in [2.05, 4.69) is 4.98 Å². The van der Waals surface area contributed by atoms with E-state index in [0.29, 0.717) is 12.0 Å². The average Bonchev–Trinajstić information content (AvgIpc) is 2.19. The monoisotopic (exact) mass is 194 g/mol. The first-order valence-corrected chi connectivity index (χ1v) is 4.83. The molecule has 0 amide bonds. The Hall–Kier alpha value is -0.960. The lowest BCUT2D eigenvalue weighted by Gasteiger charge is -2.55. The van der Waals surface area contributed by atoms with Crippen LogP contribution in [0.25, 0.3) is 0 Å². The molecular formula is C11H15FN2. The predicted octanol–water partition coefficient (Wildman–Crippen LogP) is 2.00. The third kappa shape index (κ3) is 1.02. The van der Waals surface area contributed by atoms with Crippen molar-refractivity contribution in [1.82, 2.24) is 4.98 Å². The smallest absolute Gasteiger partial charge is 0.145 e. The highest BCUT2D eigenvalue weighted by atomic mass is 19.1. The van der Waals surface area contributed by atoms with E-state index in [4.69, 9.17) is 5.73 Å². The molecule has 2 rings (SSSR count). The molecule has 2 atom stereocenters. The van der Waals surface area contributed by atoms with Gasteiger partial charge >= 0.3 is 0 Å². The topological polar surface area (TPSA) is 38.9 Å². The molecule has 2 unspecified atom stereocenters. The fraction of sp³-hybridized carbons (Fsp3) is 0.545. The van der Waals surface area contributed by atoms with Crippen molar-refractivity contribution >= 4 is 0 Å². The minimum absolute atomic E-state index is 0.0623.